The first-order valence-corrected chi connectivity index (χ1v) is 9.22. The van der Waals surface area contributed by atoms with Gasteiger partial charge in [0.05, 0.1) is 10.5 Å². The quantitative estimate of drug-likeness (QED) is 0.747. The Hall–Kier alpha value is -0.0900. The second kappa shape index (κ2) is 6.57. The van der Waals surface area contributed by atoms with E-state index in [1.165, 1.54) is 12.8 Å². The highest BCUT2D eigenvalue weighted by atomic mass is 32.2. The molecule has 19 heavy (non-hydrogen) atoms. The van der Waals surface area contributed by atoms with Crippen molar-refractivity contribution in [3.05, 3.63) is 0 Å². The third kappa shape index (κ3) is 6.26. The lowest BCUT2D eigenvalue weighted by molar-refractivity contribution is 0.376. The molecule has 1 fully saturated rings. The zero-order chi connectivity index (χ0) is 14.7. The Bertz CT molecular complexity index is 364. The van der Waals surface area contributed by atoms with Crippen LogP contribution < -0.4 is 5.32 Å². The molecule has 4 heteroatoms. The lowest BCUT2D eigenvalue weighted by atomic mass is 9.95. The molecule has 1 N–H and O–H groups in total. The summed E-state index contributed by atoms with van der Waals surface area (Å²) in [6, 6.07) is 0.703. The standard InChI is InChI=1S/C15H31NO2S/c1-12(2)10-13(11-16-14-6-7-14)8-9-19(17,18)15(3,4)5/h12-14,16H,6-11H2,1-5H3. The predicted molar refractivity (Wildman–Crippen MR) is 82.1 cm³/mol. The molecule has 0 saturated heterocycles. The summed E-state index contributed by atoms with van der Waals surface area (Å²) in [7, 11) is -2.98. The molecule has 1 aliphatic rings. The highest BCUT2D eigenvalue weighted by Crippen LogP contribution is 2.23. The van der Waals surface area contributed by atoms with Gasteiger partial charge in [0.1, 0.15) is 0 Å². The number of sulfone groups is 1. The molecule has 114 valence electrons. The highest BCUT2D eigenvalue weighted by molar-refractivity contribution is 7.92. The maximum absolute atomic E-state index is 12.2. The van der Waals surface area contributed by atoms with Gasteiger partial charge in [-0.1, -0.05) is 13.8 Å². The molecular formula is C15H31NO2S. The summed E-state index contributed by atoms with van der Waals surface area (Å²) in [5.74, 6) is 1.43. The number of hydrogen-bond acceptors (Lipinski definition) is 3. The lowest BCUT2D eigenvalue weighted by Gasteiger charge is -2.23. The fourth-order valence-corrected chi connectivity index (χ4v) is 3.47. The molecule has 1 unspecified atom stereocenters. The predicted octanol–water partition coefficient (Wildman–Crippen LogP) is 3.00. The summed E-state index contributed by atoms with van der Waals surface area (Å²) in [4.78, 5) is 0. The first kappa shape index (κ1) is 17.0. The third-order valence-electron chi connectivity index (χ3n) is 3.81. The number of rotatable bonds is 8. The van der Waals surface area contributed by atoms with Crippen molar-refractivity contribution in [2.45, 2.75) is 71.1 Å². The van der Waals surface area contributed by atoms with Crippen molar-refractivity contribution in [1.29, 1.82) is 0 Å². The number of hydrogen-bond donors (Lipinski definition) is 1. The van der Waals surface area contributed by atoms with Crippen LogP contribution in [0.5, 0.6) is 0 Å². The van der Waals surface area contributed by atoms with Crippen molar-refractivity contribution in [2.24, 2.45) is 11.8 Å². The van der Waals surface area contributed by atoms with Gasteiger partial charge in [-0.15, -0.1) is 0 Å². The maximum atomic E-state index is 12.2. The van der Waals surface area contributed by atoms with Gasteiger partial charge in [0.2, 0.25) is 0 Å². The van der Waals surface area contributed by atoms with Crippen molar-refractivity contribution in [3.8, 4) is 0 Å². The van der Waals surface area contributed by atoms with E-state index in [0.29, 0.717) is 23.6 Å². The van der Waals surface area contributed by atoms with Crippen molar-refractivity contribution in [2.75, 3.05) is 12.3 Å². The first-order valence-electron chi connectivity index (χ1n) is 7.57. The van der Waals surface area contributed by atoms with Crippen molar-refractivity contribution in [3.63, 3.8) is 0 Å². The Balaban J connectivity index is 2.46. The lowest BCUT2D eigenvalue weighted by Crippen LogP contribution is -2.33. The molecule has 0 spiro atoms. The molecule has 0 aliphatic heterocycles. The number of nitrogens with one attached hydrogen (secondary N) is 1. The minimum Gasteiger partial charge on any atom is -0.314 e. The minimum atomic E-state index is -2.98. The SMILES string of the molecule is CC(C)CC(CCS(=O)(=O)C(C)(C)C)CNC1CC1. The smallest absolute Gasteiger partial charge is 0.155 e. The van der Waals surface area contributed by atoms with Gasteiger partial charge in [-0.3, -0.25) is 0 Å². The molecule has 0 aromatic carbocycles. The molecule has 0 amide bonds. The van der Waals surface area contributed by atoms with Crippen LogP contribution in [0.2, 0.25) is 0 Å². The van der Waals surface area contributed by atoms with Crippen LogP contribution in [0.15, 0.2) is 0 Å². The van der Waals surface area contributed by atoms with Gasteiger partial charge in [0.15, 0.2) is 9.84 Å². The van der Waals surface area contributed by atoms with Gasteiger partial charge in [0.25, 0.3) is 0 Å². The molecular weight excluding hydrogens is 258 g/mol. The molecule has 0 bridgehead atoms. The summed E-state index contributed by atoms with van der Waals surface area (Å²) in [6.45, 7) is 10.8. The fourth-order valence-electron chi connectivity index (χ4n) is 2.22. The van der Waals surface area contributed by atoms with Gasteiger partial charge in [-0.25, -0.2) is 8.42 Å². The minimum absolute atomic E-state index is 0.320. The van der Waals surface area contributed by atoms with Crippen molar-refractivity contribution >= 4 is 9.84 Å². The molecule has 0 radical (unpaired) electrons. The van der Waals surface area contributed by atoms with Gasteiger partial charge < -0.3 is 5.32 Å². The molecule has 1 aliphatic carbocycles. The summed E-state index contributed by atoms with van der Waals surface area (Å²) in [6.07, 6.45) is 4.47. The van der Waals surface area contributed by atoms with Gasteiger partial charge in [-0.05, 0) is 64.8 Å². The maximum Gasteiger partial charge on any atom is 0.155 e. The van der Waals surface area contributed by atoms with Gasteiger partial charge >= 0.3 is 0 Å². The Morgan fingerprint density at radius 2 is 1.79 bits per heavy atom. The second-order valence-corrected chi connectivity index (χ2v) is 10.3. The third-order valence-corrected chi connectivity index (χ3v) is 6.44. The largest absolute Gasteiger partial charge is 0.314 e. The summed E-state index contributed by atoms with van der Waals surface area (Å²) >= 11 is 0. The van der Waals surface area contributed by atoms with Crippen LogP contribution in [-0.4, -0.2) is 31.5 Å². The van der Waals surface area contributed by atoms with E-state index >= 15 is 0 Å². The Morgan fingerprint density at radius 1 is 1.21 bits per heavy atom. The van der Waals surface area contributed by atoms with E-state index in [-0.39, 0.29) is 0 Å². The van der Waals surface area contributed by atoms with Crippen LogP contribution in [0.3, 0.4) is 0 Å². The van der Waals surface area contributed by atoms with Crippen LogP contribution in [0.1, 0.15) is 60.3 Å². The van der Waals surface area contributed by atoms with E-state index in [4.69, 9.17) is 0 Å². The second-order valence-electron chi connectivity index (χ2n) is 7.40. The van der Waals surface area contributed by atoms with E-state index in [1.807, 2.05) is 0 Å². The van der Waals surface area contributed by atoms with E-state index in [0.717, 1.165) is 19.4 Å². The molecule has 3 nitrogen and oxygen atoms in total. The zero-order valence-electron chi connectivity index (χ0n) is 13.2. The van der Waals surface area contributed by atoms with Gasteiger partial charge in [0, 0.05) is 6.04 Å². The summed E-state index contributed by atoms with van der Waals surface area (Å²) < 4.78 is 23.7. The monoisotopic (exact) mass is 289 g/mol. The Morgan fingerprint density at radius 3 is 2.21 bits per heavy atom. The summed E-state index contributed by atoms with van der Waals surface area (Å²) in [5.41, 5.74) is 0. The highest BCUT2D eigenvalue weighted by Gasteiger charge is 2.30. The fraction of sp³-hybridized carbons (Fsp3) is 1.00. The summed E-state index contributed by atoms with van der Waals surface area (Å²) in [5, 5.41) is 3.54. The van der Waals surface area contributed by atoms with Crippen LogP contribution >= 0.6 is 0 Å². The van der Waals surface area contributed by atoms with Crippen LogP contribution in [-0.2, 0) is 9.84 Å². The Kier molecular flexibility index (Phi) is 5.87. The molecule has 1 rings (SSSR count). The van der Waals surface area contributed by atoms with Crippen molar-refractivity contribution < 1.29 is 8.42 Å². The van der Waals surface area contributed by atoms with Crippen molar-refractivity contribution in [1.82, 2.24) is 5.32 Å². The molecule has 1 saturated carbocycles. The van der Waals surface area contributed by atoms with E-state index in [9.17, 15) is 8.42 Å². The van der Waals surface area contributed by atoms with Crippen LogP contribution in [0.4, 0.5) is 0 Å². The first-order chi connectivity index (χ1) is 8.62. The molecule has 0 aromatic heterocycles. The average Bonchev–Trinajstić information content (AvgIpc) is 3.03. The normalized spacial score (nSPS) is 18.8. The molecule has 0 aromatic rings. The average molecular weight is 289 g/mol. The topological polar surface area (TPSA) is 46.2 Å². The van der Waals surface area contributed by atoms with Gasteiger partial charge in [-0.2, -0.15) is 0 Å². The van der Waals surface area contributed by atoms with E-state index < -0.39 is 14.6 Å². The van der Waals surface area contributed by atoms with Crippen LogP contribution in [0, 0.1) is 11.8 Å². The molecule has 1 atom stereocenters. The molecule has 0 heterocycles. The van der Waals surface area contributed by atoms with E-state index in [1.54, 1.807) is 20.8 Å². The van der Waals surface area contributed by atoms with E-state index in [2.05, 4.69) is 19.2 Å². The Labute approximate surface area is 119 Å². The zero-order valence-corrected chi connectivity index (χ0v) is 14.0. The van der Waals surface area contributed by atoms with Crippen LogP contribution in [0.25, 0.3) is 0 Å².